The van der Waals surface area contributed by atoms with E-state index in [0.29, 0.717) is 0 Å². The topological polar surface area (TPSA) is 18.5 Å². The average Bonchev–Trinajstić information content (AvgIpc) is 2.43. The number of ether oxygens (including phenoxy) is 2. The molecule has 0 amide bonds. The third kappa shape index (κ3) is 5.03. The van der Waals surface area contributed by atoms with Crippen LogP contribution in [0.15, 0.2) is 43.0 Å². The monoisotopic (exact) mass is 248 g/mol. The summed E-state index contributed by atoms with van der Waals surface area (Å²) in [6.45, 7) is 6.04. The molecular formula is C16H24O2. The van der Waals surface area contributed by atoms with Gasteiger partial charge >= 0.3 is 0 Å². The fourth-order valence-corrected chi connectivity index (χ4v) is 1.88. The first-order chi connectivity index (χ1) is 8.81. The Bertz CT molecular complexity index is 321. The molecule has 0 aliphatic heterocycles. The predicted octanol–water partition coefficient (Wildman–Crippen LogP) is 4.48. The zero-order valence-electron chi connectivity index (χ0n) is 11.5. The number of methoxy groups -OCH3 is 1. The molecule has 2 unspecified atom stereocenters. The molecule has 1 aromatic carbocycles. The second-order valence-electron chi connectivity index (χ2n) is 4.38. The van der Waals surface area contributed by atoms with Crippen molar-refractivity contribution in [2.24, 2.45) is 0 Å². The van der Waals surface area contributed by atoms with Gasteiger partial charge in [0.25, 0.3) is 0 Å². The standard InChI is InChI=1S/C16H24O2/c1-4-6-8-13-15(5-2)18-16(17-3)14-11-9-7-10-12-14/h5,7,9-12,15-16H,2,4,6,8,13H2,1,3H3. The van der Waals surface area contributed by atoms with Gasteiger partial charge in [0.1, 0.15) is 0 Å². The summed E-state index contributed by atoms with van der Waals surface area (Å²) in [5, 5.41) is 0. The Morgan fingerprint density at radius 1 is 1.22 bits per heavy atom. The summed E-state index contributed by atoms with van der Waals surface area (Å²) in [5.74, 6) is 0. The number of benzene rings is 1. The lowest BCUT2D eigenvalue weighted by atomic mass is 10.1. The summed E-state index contributed by atoms with van der Waals surface area (Å²) in [6.07, 6.45) is 6.23. The Labute approximate surface area is 111 Å². The van der Waals surface area contributed by atoms with E-state index >= 15 is 0 Å². The summed E-state index contributed by atoms with van der Waals surface area (Å²) < 4.78 is 11.3. The Morgan fingerprint density at radius 2 is 1.94 bits per heavy atom. The molecule has 2 atom stereocenters. The molecule has 0 N–H and O–H groups in total. The third-order valence-corrected chi connectivity index (χ3v) is 2.94. The van der Waals surface area contributed by atoms with Crippen LogP contribution in [0.3, 0.4) is 0 Å². The van der Waals surface area contributed by atoms with Crippen molar-refractivity contribution in [1.29, 1.82) is 0 Å². The van der Waals surface area contributed by atoms with E-state index in [1.165, 1.54) is 19.3 Å². The van der Waals surface area contributed by atoms with Gasteiger partial charge in [-0.05, 0) is 6.42 Å². The smallest absolute Gasteiger partial charge is 0.184 e. The lowest BCUT2D eigenvalue weighted by Crippen LogP contribution is -2.16. The first-order valence-electron chi connectivity index (χ1n) is 6.67. The van der Waals surface area contributed by atoms with E-state index in [4.69, 9.17) is 9.47 Å². The van der Waals surface area contributed by atoms with Gasteiger partial charge in [-0.15, -0.1) is 6.58 Å². The summed E-state index contributed by atoms with van der Waals surface area (Å²) >= 11 is 0. The first kappa shape index (κ1) is 14.9. The zero-order chi connectivity index (χ0) is 13.2. The molecule has 0 aromatic heterocycles. The van der Waals surface area contributed by atoms with Gasteiger partial charge in [-0.1, -0.05) is 62.6 Å². The largest absolute Gasteiger partial charge is 0.352 e. The minimum Gasteiger partial charge on any atom is -0.352 e. The lowest BCUT2D eigenvalue weighted by molar-refractivity contribution is -0.149. The minimum absolute atomic E-state index is 0.0571. The molecule has 0 aliphatic carbocycles. The number of rotatable bonds is 9. The van der Waals surface area contributed by atoms with E-state index in [9.17, 15) is 0 Å². The summed E-state index contributed by atoms with van der Waals surface area (Å²) in [5.41, 5.74) is 1.04. The van der Waals surface area contributed by atoms with E-state index in [1.54, 1.807) is 7.11 Å². The highest BCUT2D eigenvalue weighted by Gasteiger charge is 2.15. The maximum atomic E-state index is 5.94. The van der Waals surface area contributed by atoms with Gasteiger partial charge in [0.15, 0.2) is 6.29 Å². The Kier molecular flexibility index (Phi) is 7.38. The first-order valence-corrected chi connectivity index (χ1v) is 6.67. The fraction of sp³-hybridized carbons (Fsp3) is 0.500. The third-order valence-electron chi connectivity index (χ3n) is 2.94. The molecule has 0 bridgehead atoms. The molecule has 1 aromatic rings. The fourth-order valence-electron chi connectivity index (χ4n) is 1.88. The van der Waals surface area contributed by atoms with Crippen LogP contribution in [0.4, 0.5) is 0 Å². The molecule has 0 heterocycles. The van der Waals surface area contributed by atoms with E-state index in [1.807, 2.05) is 36.4 Å². The molecule has 18 heavy (non-hydrogen) atoms. The molecule has 0 radical (unpaired) electrons. The Hall–Kier alpha value is -1.12. The second-order valence-corrected chi connectivity index (χ2v) is 4.38. The highest BCUT2D eigenvalue weighted by Crippen LogP contribution is 2.22. The van der Waals surface area contributed by atoms with Crippen molar-refractivity contribution in [1.82, 2.24) is 0 Å². The highest BCUT2D eigenvalue weighted by molar-refractivity contribution is 5.16. The van der Waals surface area contributed by atoms with Crippen LogP contribution in [-0.4, -0.2) is 13.2 Å². The van der Waals surface area contributed by atoms with Gasteiger partial charge in [-0.25, -0.2) is 0 Å². The normalized spacial score (nSPS) is 14.1. The quantitative estimate of drug-likeness (QED) is 0.364. The van der Waals surface area contributed by atoms with Crippen LogP contribution < -0.4 is 0 Å². The van der Waals surface area contributed by atoms with Crippen LogP contribution in [-0.2, 0) is 9.47 Å². The highest BCUT2D eigenvalue weighted by atomic mass is 16.7. The van der Waals surface area contributed by atoms with Gasteiger partial charge in [0.2, 0.25) is 0 Å². The molecule has 1 rings (SSSR count). The minimum atomic E-state index is -0.309. The van der Waals surface area contributed by atoms with E-state index in [-0.39, 0.29) is 12.4 Å². The second kappa shape index (κ2) is 8.90. The van der Waals surface area contributed by atoms with Crippen molar-refractivity contribution < 1.29 is 9.47 Å². The van der Waals surface area contributed by atoms with Crippen LogP contribution >= 0.6 is 0 Å². The van der Waals surface area contributed by atoms with Crippen LogP contribution in [0.25, 0.3) is 0 Å². The zero-order valence-corrected chi connectivity index (χ0v) is 11.5. The van der Waals surface area contributed by atoms with Gasteiger partial charge in [0, 0.05) is 12.7 Å². The summed E-state index contributed by atoms with van der Waals surface area (Å²) in [4.78, 5) is 0. The molecule has 0 saturated carbocycles. The van der Waals surface area contributed by atoms with Crippen molar-refractivity contribution in [3.05, 3.63) is 48.6 Å². The van der Waals surface area contributed by atoms with E-state index in [2.05, 4.69) is 13.5 Å². The van der Waals surface area contributed by atoms with Crippen molar-refractivity contribution in [2.75, 3.05) is 7.11 Å². The maximum Gasteiger partial charge on any atom is 0.184 e. The molecule has 2 heteroatoms. The van der Waals surface area contributed by atoms with E-state index < -0.39 is 0 Å². The Balaban J connectivity index is 2.52. The Morgan fingerprint density at radius 3 is 2.50 bits per heavy atom. The van der Waals surface area contributed by atoms with Crippen molar-refractivity contribution in [2.45, 2.75) is 45.0 Å². The summed E-state index contributed by atoms with van der Waals surface area (Å²) in [6, 6.07) is 10.00. The van der Waals surface area contributed by atoms with Crippen molar-refractivity contribution in [3.63, 3.8) is 0 Å². The molecule has 0 aliphatic rings. The number of hydrogen-bond acceptors (Lipinski definition) is 2. The molecule has 2 nitrogen and oxygen atoms in total. The van der Waals surface area contributed by atoms with Crippen LogP contribution in [0.5, 0.6) is 0 Å². The molecule has 0 fully saturated rings. The molecule has 0 saturated heterocycles. The SMILES string of the molecule is C=CC(CCCCC)OC(OC)c1ccccc1. The number of hydrogen-bond donors (Lipinski definition) is 0. The molecular weight excluding hydrogens is 224 g/mol. The molecule has 0 spiro atoms. The van der Waals surface area contributed by atoms with Crippen molar-refractivity contribution in [3.8, 4) is 0 Å². The van der Waals surface area contributed by atoms with Crippen molar-refractivity contribution >= 4 is 0 Å². The van der Waals surface area contributed by atoms with E-state index in [0.717, 1.165) is 12.0 Å². The van der Waals surface area contributed by atoms with Crippen LogP contribution in [0.1, 0.15) is 44.5 Å². The summed E-state index contributed by atoms with van der Waals surface area (Å²) in [7, 11) is 1.67. The predicted molar refractivity (Wildman–Crippen MR) is 75.4 cm³/mol. The van der Waals surface area contributed by atoms with Crippen LogP contribution in [0.2, 0.25) is 0 Å². The molecule has 100 valence electrons. The van der Waals surface area contributed by atoms with Gasteiger partial charge in [-0.2, -0.15) is 0 Å². The van der Waals surface area contributed by atoms with Crippen LogP contribution in [0, 0.1) is 0 Å². The van der Waals surface area contributed by atoms with Gasteiger partial charge in [0.05, 0.1) is 6.10 Å². The van der Waals surface area contributed by atoms with Gasteiger partial charge in [-0.3, -0.25) is 0 Å². The lowest BCUT2D eigenvalue weighted by Gasteiger charge is -2.22. The number of unbranched alkanes of at least 4 members (excludes halogenated alkanes) is 2. The maximum absolute atomic E-state index is 5.94. The van der Waals surface area contributed by atoms with Gasteiger partial charge < -0.3 is 9.47 Å². The average molecular weight is 248 g/mol.